The normalized spacial score (nSPS) is 21.7. The molecule has 1 aliphatic heterocycles. The number of benzene rings is 1. The Balaban J connectivity index is 1.81. The van der Waals surface area contributed by atoms with Crippen molar-refractivity contribution in [2.45, 2.75) is 18.6 Å². The fraction of sp³-hybridized carbons (Fsp3) is 0.357. The van der Waals surface area contributed by atoms with Crippen molar-refractivity contribution in [2.24, 2.45) is 0 Å². The van der Waals surface area contributed by atoms with Crippen molar-refractivity contribution < 1.29 is 14.3 Å². The van der Waals surface area contributed by atoms with E-state index in [0.717, 1.165) is 5.69 Å². The van der Waals surface area contributed by atoms with E-state index >= 15 is 0 Å². The number of amides is 1. The molecule has 3 rings (SSSR count). The fourth-order valence-electron chi connectivity index (χ4n) is 2.48. The summed E-state index contributed by atoms with van der Waals surface area (Å²) < 4.78 is 14.9. The van der Waals surface area contributed by atoms with E-state index in [-0.39, 0.29) is 25.4 Å². The van der Waals surface area contributed by atoms with Crippen LogP contribution >= 0.6 is 0 Å². The predicted molar refractivity (Wildman–Crippen MR) is 72.8 cm³/mol. The Morgan fingerprint density at radius 1 is 1.38 bits per heavy atom. The van der Waals surface area contributed by atoms with Gasteiger partial charge in [-0.25, -0.2) is 14.1 Å². The molecular weight excluding hydrogens is 275 g/mol. The average Bonchev–Trinajstić information content (AvgIpc) is 3.14. The van der Waals surface area contributed by atoms with Gasteiger partial charge in [-0.3, -0.25) is 4.79 Å². The Morgan fingerprint density at radius 3 is 2.86 bits per heavy atom. The van der Waals surface area contributed by atoms with Crippen molar-refractivity contribution in [1.82, 2.24) is 19.7 Å². The third-order valence-corrected chi connectivity index (χ3v) is 3.54. The summed E-state index contributed by atoms with van der Waals surface area (Å²) in [4.78, 5) is 17.6. The number of nitrogens with zero attached hydrogens (tertiary/aromatic N) is 4. The van der Waals surface area contributed by atoms with Crippen LogP contribution in [0.5, 0.6) is 0 Å². The second-order valence-corrected chi connectivity index (χ2v) is 4.98. The van der Waals surface area contributed by atoms with Gasteiger partial charge in [-0.15, -0.1) is 5.10 Å². The Kier molecular flexibility index (Phi) is 3.66. The van der Waals surface area contributed by atoms with Gasteiger partial charge in [-0.05, 0) is 12.1 Å². The van der Waals surface area contributed by atoms with Gasteiger partial charge in [-0.2, -0.15) is 0 Å². The molecule has 1 saturated heterocycles. The third kappa shape index (κ3) is 2.64. The molecule has 110 valence electrons. The van der Waals surface area contributed by atoms with Gasteiger partial charge in [-0.1, -0.05) is 18.2 Å². The molecule has 1 aliphatic rings. The molecular formula is C14H15FN4O2. The monoisotopic (exact) mass is 290 g/mol. The second kappa shape index (κ2) is 5.61. The third-order valence-electron chi connectivity index (χ3n) is 3.54. The van der Waals surface area contributed by atoms with Crippen LogP contribution < -0.4 is 0 Å². The van der Waals surface area contributed by atoms with E-state index in [1.165, 1.54) is 15.9 Å². The summed E-state index contributed by atoms with van der Waals surface area (Å²) in [7, 11) is 0. The molecule has 2 atom stereocenters. The largest absolute Gasteiger partial charge is 0.394 e. The number of carbonyl (C=O) groups is 1. The smallest absolute Gasteiger partial charge is 0.293 e. The summed E-state index contributed by atoms with van der Waals surface area (Å²) >= 11 is 0. The van der Waals surface area contributed by atoms with Crippen molar-refractivity contribution in [3.05, 3.63) is 42.5 Å². The molecule has 0 spiro atoms. The highest BCUT2D eigenvalue weighted by atomic mass is 19.1. The molecule has 2 aromatic rings. The van der Waals surface area contributed by atoms with Crippen molar-refractivity contribution in [2.75, 3.05) is 13.2 Å². The van der Waals surface area contributed by atoms with E-state index in [9.17, 15) is 14.3 Å². The number of aromatic nitrogens is 3. The summed E-state index contributed by atoms with van der Waals surface area (Å²) in [5.41, 5.74) is 0.785. The lowest BCUT2D eigenvalue weighted by Gasteiger charge is -2.20. The summed E-state index contributed by atoms with van der Waals surface area (Å²) in [6.45, 7) is -0.282. The summed E-state index contributed by atoms with van der Waals surface area (Å²) in [6.07, 6.45) is 0.489. The van der Waals surface area contributed by atoms with Crippen molar-refractivity contribution in [1.29, 1.82) is 0 Å². The Morgan fingerprint density at radius 2 is 2.14 bits per heavy atom. The van der Waals surface area contributed by atoms with Gasteiger partial charge in [0.05, 0.1) is 24.9 Å². The number of rotatable bonds is 3. The highest BCUT2D eigenvalue weighted by Gasteiger charge is 2.36. The number of likely N-dealkylation sites (tertiary alicyclic amines) is 1. The van der Waals surface area contributed by atoms with Crippen LogP contribution in [0.3, 0.4) is 0 Å². The Labute approximate surface area is 120 Å². The second-order valence-electron chi connectivity index (χ2n) is 4.98. The maximum absolute atomic E-state index is 13.4. The van der Waals surface area contributed by atoms with Gasteiger partial charge in [0, 0.05) is 6.42 Å². The Hall–Kier alpha value is -2.28. The molecule has 0 unspecified atom stereocenters. The molecule has 0 aliphatic carbocycles. The molecule has 2 heterocycles. The van der Waals surface area contributed by atoms with Crippen LogP contribution in [0.1, 0.15) is 17.0 Å². The maximum atomic E-state index is 13.4. The zero-order chi connectivity index (χ0) is 14.8. The van der Waals surface area contributed by atoms with Crippen LogP contribution in [0.25, 0.3) is 5.69 Å². The standard InChI is InChI=1S/C14H15FN4O2/c15-10-6-12(8-20)18(7-10)14(21)13-16-9-19(17-13)11-4-2-1-3-5-11/h1-5,9-10,12,20H,6-8H2/t10-,12-/m0/s1. The van der Waals surface area contributed by atoms with Gasteiger partial charge >= 0.3 is 0 Å². The fourth-order valence-corrected chi connectivity index (χ4v) is 2.48. The SMILES string of the molecule is O=C(c1ncn(-c2ccccc2)n1)N1C[C@@H](F)C[C@H]1CO. The summed E-state index contributed by atoms with van der Waals surface area (Å²) in [5.74, 6) is -0.449. The maximum Gasteiger partial charge on any atom is 0.293 e. The first-order chi connectivity index (χ1) is 10.2. The molecule has 7 heteroatoms. The number of halogens is 1. The minimum atomic E-state index is -1.11. The van der Waals surface area contributed by atoms with E-state index < -0.39 is 18.1 Å². The van der Waals surface area contributed by atoms with Crippen LogP contribution in [-0.2, 0) is 0 Å². The Bertz CT molecular complexity index is 631. The van der Waals surface area contributed by atoms with Gasteiger partial charge in [0.25, 0.3) is 5.91 Å². The number of aliphatic hydroxyl groups is 1. The number of hydrogen-bond donors (Lipinski definition) is 1. The average molecular weight is 290 g/mol. The quantitative estimate of drug-likeness (QED) is 0.908. The molecule has 1 amide bonds. The van der Waals surface area contributed by atoms with E-state index in [2.05, 4.69) is 10.1 Å². The molecule has 6 nitrogen and oxygen atoms in total. The highest BCUT2D eigenvalue weighted by Crippen LogP contribution is 2.21. The molecule has 1 aromatic heterocycles. The van der Waals surface area contributed by atoms with Crippen LogP contribution in [0.4, 0.5) is 4.39 Å². The summed E-state index contributed by atoms with van der Waals surface area (Å²) in [5, 5.41) is 13.4. The van der Waals surface area contributed by atoms with E-state index in [1.54, 1.807) is 0 Å². The molecule has 0 radical (unpaired) electrons. The van der Waals surface area contributed by atoms with Crippen molar-refractivity contribution in [3.63, 3.8) is 0 Å². The lowest BCUT2D eigenvalue weighted by molar-refractivity contribution is 0.0660. The van der Waals surface area contributed by atoms with E-state index in [4.69, 9.17) is 0 Å². The predicted octanol–water partition coefficient (Wildman–Crippen LogP) is 0.812. The van der Waals surface area contributed by atoms with Gasteiger partial charge in [0.1, 0.15) is 12.5 Å². The van der Waals surface area contributed by atoms with Crippen LogP contribution in [0.2, 0.25) is 0 Å². The minimum absolute atomic E-state index is 0.00593. The minimum Gasteiger partial charge on any atom is -0.394 e. The summed E-state index contributed by atoms with van der Waals surface area (Å²) in [6, 6.07) is 8.77. The molecule has 1 N–H and O–H groups in total. The van der Waals surface area contributed by atoms with Gasteiger partial charge in [0.15, 0.2) is 0 Å². The number of alkyl halides is 1. The lowest BCUT2D eigenvalue weighted by Crippen LogP contribution is -2.38. The van der Waals surface area contributed by atoms with Crippen molar-refractivity contribution >= 4 is 5.91 Å². The first kappa shape index (κ1) is 13.7. The highest BCUT2D eigenvalue weighted by molar-refractivity contribution is 5.90. The zero-order valence-electron chi connectivity index (χ0n) is 11.3. The molecule has 21 heavy (non-hydrogen) atoms. The number of aliphatic hydroxyl groups excluding tert-OH is 1. The van der Waals surface area contributed by atoms with Gasteiger partial charge in [0.2, 0.25) is 5.82 Å². The molecule has 1 aromatic carbocycles. The topological polar surface area (TPSA) is 71.2 Å². The first-order valence-corrected chi connectivity index (χ1v) is 6.72. The number of para-hydroxylation sites is 1. The van der Waals surface area contributed by atoms with Crippen LogP contribution in [0, 0.1) is 0 Å². The molecule has 0 bridgehead atoms. The van der Waals surface area contributed by atoms with E-state index in [0.29, 0.717) is 0 Å². The van der Waals surface area contributed by atoms with Crippen LogP contribution in [-0.4, -0.2) is 56.0 Å². The zero-order valence-corrected chi connectivity index (χ0v) is 11.3. The first-order valence-electron chi connectivity index (χ1n) is 6.72. The number of hydrogen-bond acceptors (Lipinski definition) is 4. The number of carbonyl (C=O) groups excluding carboxylic acids is 1. The van der Waals surface area contributed by atoms with Gasteiger partial charge < -0.3 is 10.0 Å². The molecule has 0 saturated carbocycles. The van der Waals surface area contributed by atoms with Crippen molar-refractivity contribution in [3.8, 4) is 5.69 Å². The lowest BCUT2D eigenvalue weighted by atomic mass is 10.2. The van der Waals surface area contributed by atoms with Crippen LogP contribution in [0.15, 0.2) is 36.7 Å². The molecule has 1 fully saturated rings. The van der Waals surface area contributed by atoms with E-state index in [1.807, 2.05) is 30.3 Å².